The smallest absolute Gasteiger partial charge is 0.138 e. The Bertz CT molecular complexity index is 1510. The standard InChI is InChI=1S/C36H38O/c1-2-9-24-23(8-1)27-12-6-14-29-25-19-18-21(20-32(25)30-15-7-13-28(24)35(30)34(27)29)22-11-5-16-31-26-10-3-4-17-33(26)37-36(22)31/h3-6,10-12,14,16-17,21,23-25,28,30,32,35H,1-2,7-9,13,15,18-20H2. The Kier molecular flexibility index (Phi) is 4.62. The third-order valence-corrected chi connectivity index (χ3v) is 12.0. The van der Waals surface area contributed by atoms with Crippen LogP contribution in [0.1, 0.15) is 110 Å². The molecular weight excluding hydrogens is 448 g/mol. The molecule has 4 aromatic rings. The van der Waals surface area contributed by atoms with Crippen molar-refractivity contribution < 1.29 is 4.42 Å². The second-order valence-corrected chi connectivity index (χ2v) is 13.3. The number of rotatable bonds is 1. The minimum atomic E-state index is 0.627. The lowest BCUT2D eigenvalue weighted by atomic mass is 9.46. The summed E-state index contributed by atoms with van der Waals surface area (Å²) in [5, 5.41) is 2.58. The highest BCUT2D eigenvalue weighted by Gasteiger charge is 2.54. The van der Waals surface area contributed by atoms with Crippen LogP contribution in [-0.2, 0) is 0 Å². The Morgan fingerprint density at radius 2 is 1.24 bits per heavy atom. The molecule has 37 heavy (non-hydrogen) atoms. The summed E-state index contributed by atoms with van der Waals surface area (Å²) in [7, 11) is 0. The molecule has 0 radical (unpaired) electrons. The first-order chi connectivity index (χ1) is 18.4. The molecule has 5 aliphatic carbocycles. The maximum Gasteiger partial charge on any atom is 0.138 e. The average Bonchev–Trinajstić information content (AvgIpc) is 3.35. The first-order valence-electron chi connectivity index (χ1n) is 15.4. The summed E-state index contributed by atoms with van der Waals surface area (Å²) in [5.74, 6) is 6.78. The fourth-order valence-electron chi connectivity index (χ4n) is 10.8. The lowest BCUT2D eigenvalue weighted by Crippen LogP contribution is -2.47. The summed E-state index contributed by atoms with van der Waals surface area (Å²) < 4.78 is 6.54. The lowest BCUT2D eigenvalue weighted by Gasteiger charge is -2.59. The molecule has 0 bridgehead atoms. The molecule has 0 spiro atoms. The fraction of sp³-hybridized carbons (Fsp3) is 0.500. The van der Waals surface area contributed by atoms with E-state index in [0.717, 1.165) is 52.6 Å². The van der Waals surface area contributed by atoms with Crippen molar-refractivity contribution in [2.45, 2.75) is 87.9 Å². The number of hydrogen-bond donors (Lipinski definition) is 0. The van der Waals surface area contributed by atoms with Crippen LogP contribution in [0.25, 0.3) is 21.9 Å². The maximum absolute atomic E-state index is 6.54. The number of fused-ring (bicyclic) bond motifs is 9. The van der Waals surface area contributed by atoms with Gasteiger partial charge in [-0.25, -0.2) is 0 Å². The van der Waals surface area contributed by atoms with E-state index in [1.165, 1.54) is 80.5 Å². The molecule has 188 valence electrons. The largest absolute Gasteiger partial charge is 0.456 e. The summed E-state index contributed by atoms with van der Waals surface area (Å²) in [6.45, 7) is 0. The summed E-state index contributed by atoms with van der Waals surface area (Å²) in [6, 6.07) is 23.1. The monoisotopic (exact) mass is 486 g/mol. The van der Waals surface area contributed by atoms with Crippen molar-refractivity contribution in [3.8, 4) is 0 Å². The first kappa shape index (κ1) is 21.4. The van der Waals surface area contributed by atoms with Crippen LogP contribution in [-0.4, -0.2) is 0 Å². The number of furan rings is 1. The van der Waals surface area contributed by atoms with Crippen molar-refractivity contribution in [2.24, 2.45) is 23.7 Å². The van der Waals surface area contributed by atoms with E-state index in [9.17, 15) is 0 Å². The molecule has 1 aromatic heterocycles. The molecule has 1 heterocycles. The van der Waals surface area contributed by atoms with Gasteiger partial charge >= 0.3 is 0 Å². The second kappa shape index (κ2) is 7.98. The summed E-state index contributed by atoms with van der Waals surface area (Å²) >= 11 is 0. The summed E-state index contributed by atoms with van der Waals surface area (Å²) in [5.41, 5.74) is 9.17. The van der Waals surface area contributed by atoms with Gasteiger partial charge in [-0.1, -0.05) is 73.9 Å². The third kappa shape index (κ3) is 2.92. The maximum atomic E-state index is 6.54. The van der Waals surface area contributed by atoms with Crippen LogP contribution in [0.3, 0.4) is 0 Å². The van der Waals surface area contributed by atoms with Gasteiger partial charge in [0.05, 0.1) is 0 Å². The van der Waals surface area contributed by atoms with E-state index in [1.54, 1.807) is 5.56 Å². The number of benzene rings is 3. The van der Waals surface area contributed by atoms with Gasteiger partial charge in [-0.2, -0.15) is 0 Å². The molecule has 3 aromatic carbocycles. The van der Waals surface area contributed by atoms with Crippen molar-refractivity contribution in [3.63, 3.8) is 0 Å². The first-order valence-corrected chi connectivity index (χ1v) is 15.4. The molecule has 8 unspecified atom stereocenters. The predicted octanol–water partition coefficient (Wildman–Crippen LogP) is 10.1. The van der Waals surface area contributed by atoms with Crippen LogP contribution in [0, 0.1) is 23.7 Å². The topological polar surface area (TPSA) is 13.1 Å². The number of para-hydroxylation sites is 2. The van der Waals surface area contributed by atoms with Crippen LogP contribution < -0.4 is 0 Å². The van der Waals surface area contributed by atoms with Gasteiger partial charge in [0, 0.05) is 10.8 Å². The molecule has 1 heteroatoms. The van der Waals surface area contributed by atoms with Crippen molar-refractivity contribution in [1.82, 2.24) is 0 Å². The van der Waals surface area contributed by atoms with Gasteiger partial charge in [0.1, 0.15) is 11.2 Å². The SMILES string of the molecule is c1cc2c3c(c1)C1CCC(c4cccc5c4oc4ccccc45)CC1C1CCCC(C4CCCCC24)C31. The van der Waals surface area contributed by atoms with E-state index in [4.69, 9.17) is 4.42 Å². The van der Waals surface area contributed by atoms with E-state index in [2.05, 4.69) is 60.7 Å². The average molecular weight is 487 g/mol. The molecule has 5 aliphatic rings. The Labute approximate surface area is 220 Å². The van der Waals surface area contributed by atoms with Gasteiger partial charge in [0.2, 0.25) is 0 Å². The molecular formula is C36H38O. The van der Waals surface area contributed by atoms with Crippen LogP contribution in [0.4, 0.5) is 0 Å². The normalized spacial score (nSPS) is 36.1. The van der Waals surface area contributed by atoms with Gasteiger partial charge in [0.15, 0.2) is 0 Å². The minimum Gasteiger partial charge on any atom is -0.456 e. The molecule has 3 fully saturated rings. The molecule has 9 rings (SSSR count). The zero-order chi connectivity index (χ0) is 24.1. The van der Waals surface area contributed by atoms with E-state index in [0.29, 0.717) is 5.92 Å². The zero-order valence-electron chi connectivity index (χ0n) is 21.9. The molecule has 0 N–H and O–H groups in total. The van der Waals surface area contributed by atoms with Crippen LogP contribution in [0.15, 0.2) is 65.1 Å². The molecule has 1 nitrogen and oxygen atoms in total. The molecule has 0 amide bonds. The van der Waals surface area contributed by atoms with E-state index < -0.39 is 0 Å². The van der Waals surface area contributed by atoms with E-state index >= 15 is 0 Å². The second-order valence-electron chi connectivity index (χ2n) is 13.3. The Morgan fingerprint density at radius 1 is 0.541 bits per heavy atom. The van der Waals surface area contributed by atoms with Crippen LogP contribution in [0.2, 0.25) is 0 Å². The van der Waals surface area contributed by atoms with E-state index in [-0.39, 0.29) is 0 Å². The Morgan fingerprint density at radius 3 is 2.16 bits per heavy atom. The quantitative estimate of drug-likeness (QED) is 0.261. The highest BCUT2D eigenvalue weighted by molar-refractivity contribution is 6.05. The molecule has 8 atom stereocenters. The van der Waals surface area contributed by atoms with Gasteiger partial charge in [-0.05, 0) is 121 Å². The fourth-order valence-corrected chi connectivity index (χ4v) is 10.8. The zero-order valence-corrected chi connectivity index (χ0v) is 21.9. The highest BCUT2D eigenvalue weighted by atomic mass is 16.3. The molecule has 0 aliphatic heterocycles. The van der Waals surface area contributed by atoms with Crippen molar-refractivity contribution in [2.75, 3.05) is 0 Å². The summed E-state index contributed by atoms with van der Waals surface area (Å²) in [6.07, 6.45) is 14.3. The van der Waals surface area contributed by atoms with Gasteiger partial charge in [-0.15, -0.1) is 0 Å². The summed E-state index contributed by atoms with van der Waals surface area (Å²) in [4.78, 5) is 0. The number of hydrogen-bond acceptors (Lipinski definition) is 1. The Balaban J connectivity index is 1.15. The highest BCUT2D eigenvalue weighted by Crippen LogP contribution is 2.66. The Hall–Kier alpha value is -2.54. The van der Waals surface area contributed by atoms with Gasteiger partial charge in [-0.3, -0.25) is 0 Å². The van der Waals surface area contributed by atoms with Crippen LogP contribution in [0.5, 0.6) is 0 Å². The van der Waals surface area contributed by atoms with Crippen molar-refractivity contribution >= 4 is 21.9 Å². The lowest BCUT2D eigenvalue weighted by molar-refractivity contribution is 0.0339. The predicted molar refractivity (Wildman–Crippen MR) is 151 cm³/mol. The molecule has 3 saturated carbocycles. The van der Waals surface area contributed by atoms with Crippen LogP contribution >= 0.6 is 0 Å². The van der Waals surface area contributed by atoms with Crippen molar-refractivity contribution in [1.29, 1.82) is 0 Å². The molecule has 0 saturated heterocycles. The minimum absolute atomic E-state index is 0.627. The third-order valence-electron chi connectivity index (χ3n) is 12.0. The van der Waals surface area contributed by atoms with Gasteiger partial charge in [0.25, 0.3) is 0 Å². The van der Waals surface area contributed by atoms with Gasteiger partial charge < -0.3 is 4.42 Å². The van der Waals surface area contributed by atoms with Crippen molar-refractivity contribution in [3.05, 3.63) is 82.9 Å². The van der Waals surface area contributed by atoms with E-state index in [1.807, 2.05) is 11.1 Å².